The lowest BCUT2D eigenvalue weighted by Gasteiger charge is -2.27. The highest BCUT2D eigenvalue weighted by Crippen LogP contribution is 2.21. The summed E-state index contributed by atoms with van der Waals surface area (Å²) in [6, 6.07) is 18.4. The maximum atomic E-state index is 12.7. The molecule has 0 bridgehead atoms. The molecule has 0 spiro atoms. The number of aliphatic hydroxyl groups excluding tert-OH is 1. The largest absolute Gasteiger partial charge is 0.494 e. The van der Waals surface area contributed by atoms with Gasteiger partial charge in [-0.05, 0) is 42.5 Å². The number of likely N-dealkylation sites (tertiary alicyclic amines) is 1. The lowest BCUT2D eigenvalue weighted by atomic mass is 10.1. The summed E-state index contributed by atoms with van der Waals surface area (Å²) in [6.07, 6.45) is 3.11. The van der Waals surface area contributed by atoms with E-state index in [0.29, 0.717) is 25.6 Å². The Balaban J connectivity index is 1.07. The summed E-state index contributed by atoms with van der Waals surface area (Å²) in [4.78, 5) is 24.7. The number of aromatic nitrogens is 2. The molecule has 2 aliphatic rings. The van der Waals surface area contributed by atoms with Gasteiger partial charge >= 0.3 is 0 Å². The van der Waals surface area contributed by atoms with Crippen molar-refractivity contribution < 1.29 is 9.84 Å². The SMILES string of the molecule is O=c1[nH]c(NCCCOc2cccc(CN3CCCC3O)c2)nc2c1CN(Cc1ccccc1)CC2. The van der Waals surface area contributed by atoms with Crippen molar-refractivity contribution in [2.24, 2.45) is 0 Å². The second-order valence-electron chi connectivity index (χ2n) is 9.66. The van der Waals surface area contributed by atoms with Crippen LogP contribution in [0.5, 0.6) is 5.75 Å². The number of aromatic amines is 1. The van der Waals surface area contributed by atoms with Crippen molar-refractivity contribution in [2.75, 3.05) is 31.6 Å². The topological polar surface area (TPSA) is 93.7 Å². The van der Waals surface area contributed by atoms with Gasteiger partial charge in [-0.25, -0.2) is 4.98 Å². The molecule has 36 heavy (non-hydrogen) atoms. The molecule has 0 radical (unpaired) electrons. The number of nitrogens with one attached hydrogen (secondary N) is 2. The first-order valence-corrected chi connectivity index (χ1v) is 12.9. The Bertz CT molecular complexity index is 1200. The number of H-pyrrole nitrogens is 1. The van der Waals surface area contributed by atoms with Gasteiger partial charge < -0.3 is 15.2 Å². The molecule has 3 heterocycles. The number of benzene rings is 2. The van der Waals surface area contributed by atoms with Gasteiger partial charge in [0, 0.05) is 45.7 Å². The summed E-state index contributed by atoms with van der Waals surface area (Å²) in [5.41, 5.74) is 4.00. The molecule has 8 nitrogen and oxygen atoms in total. The summed E-state index contributed by atoms with van der Waals surface area (Å²) >= 11 is 0. The van der Waals surface area contributed by atoms with Crippen LogP contribution < -0.4 is 15.6 Å². The van der Waals surface area contributed by atoms with Crippen LogP contribution in [-0.4, -0.2) is 57.3 Å². The molecular formula is C28H35N5O3. The molecule has 1 unspecified atom stereocenters. The second kappa shape index (κ2) is 11.7. The van der Waals surface area contributed by atoms with Crippen LogP contribution in [0.25, 0.3) is 0 Å². The molecule has 5 rings (SSSR count). The Hall–Kier alpha value is -3.20. The first kappa shape index (κ1) is 24.5. The van der Waals surface area contributed by atoms with Crippen molar-refractivity contribution in [3.8, 4) is 5.75 Å². The third-order valence-electron chi connectivity index (χ3n) is 6.89. The van der Waals surface area contributed by atoms with E-state index < -0.39 is 0 Å². The first-order valence-electron chi connectivity index (χ1n) is 12.9. The number of anilines is 1. The standard InChI is InChI=1S/C28H35N5O3/c34-26-11-5-14-33(26)19-22-9-4-10-23(17-22)36-16-6-13-29-28-30-25-12-15-32(20-24(25)27(35)31-28)18-21-7-2-1-3-8-21/h1-4,7-10,17,26,34H,5-6,11-16,18-20H2,(H2,29,30,31,35). The van der Waals surface area contributed by atoms with Crippen LogP contribution in [-0.2, 0) is 26.1 Å². The molecule has 3 N–H and O–H groups in total. The van der Waals surface area contributed by atoms with Gasteiger partial charge in [0.15, 0.2) is 0 Å². The lowest BCUT2D eigenvalue weighted by Crippen LogP contribution is -2.35. The average molecular weight is 490 g/mol. The van der Waals surface area contributed by atoms with Crippen molar-refractivity contribution >= 4 is 5.95 Å². The van der Waals surface area contributed by atoms with E-state index >= 15 is 0 Å². The van der Waals surface area contributed by atoms with Crippen molar-refractivity contribution in [1.82, 2.24) is 19.8 Å². The second-order valence-corrected chi connectivity index (χ2v) is 9.66. The fraction of sp³-hybridized carbons (Fsp3) is 0.429. The van der Waals surface area contributed by atoms with Crippen LogP contribution in [0.1, 0.15) is 41.6 Å². The summed E-state index contributed by atoms with van der Waals surface area (Å²) in [5.74, 6) is 1.36. The molecule has 190 valence electrons. The van der Waals surface area contributed by atoms with Crippen molar-refractivity contribution in [3.63, 3.8) is 0 Å². The first-order chi connectivity index (χ1) is 17.6. The molecule has 1 saturated heterocycles. The fourth-order valence-electron chi connectivity index (χ4n) is 4.97. The van der Waals surface area contributed by atoms with E-state index in [1.165, 1.54) is 5.56 Å². The van der Waals surface area contributed by atoms with Gasteiger partial charge in [0.1, 0.15) is 12.0 Å². The third kappa shape index (κ3) is 6.32. The van der Waals surface area contributed by atoms with Crippen molar-refractivity contribution in [3.05, 3.63) is 87.3 Å². The molecule has 1 fully saturated rings. The number of hydrogen-bond donors (Lipinski definition) is 3. The maximum absolute atomic E-state index is 12.7. The lowest BCUT2D eigenvalue weighted by molar-refractivity contribution is 0.0328. The minimum absolute atomic E-state index is 0.0588. The van der Waals surface area contributed by atoms with E-state index in [9.17, 15) is 9.90 Å². The highest BCUT2D eigenvalue weighted by atomic mass is 16.5. The van der Waals surface area contributed by atoms with Crippen LogP contribution in [0.3, 0.4) is 0 Å². The number of nitrogens with zero attached hydrogens (tertiary/aromatic N) is 3. The van der Waals surface area contributed by atoms with Crippen LogP contribution in [0.15, 0.2) is 59.4 Å². The van der Waals surface area contributed by atoms with Gasteiger partial charge in [0.2, 0.25) is 5.95 Å². The zero-order valence-electron chi connectivity index (χ0n) is 20.7. The summed E-state index contributed by atoms with van der Waals surface area (Å²) in [5, 5.41) is 13.3. The highest BCUT2D eigenvalue weighted by Gasteiger charge is 2.22. The third-order valence-corrected chi connectivity index (χ3v) is 6.89. The van der Waals surface area contributed by atoms with E-state index in [1.54, 1.807) is 0 Å². The van der Waals surface area contributed by atoms with E-state index in [-0.39, 0.29) is 11.8 Å². The Morgan fingerprint density at radius 3 is 2.78 bits per heavy atom. The summed E-state index contributed by atoms with van der Waals surface area (Å²) in [7, 11) is 0. The molecule has 8 heteroatoms. The van der Waals surface area contributed by atoms with E-state index in [0.717, 1.165) is 74.4 Å². The van der Waals surface area contributed by atoms with Gasteiger partial charge in [-0.1, -0.05) is 42.5 Å². The van der Waals surface area contributed by atoms with Crippen LogP contribution in [0.2, 0.25) is 0 Å². The normalized spacial score (nSPS) is 18.2. The quantitative estimate of drug-likeness (QED) is 0.377. The van der Waals surface area contributed by atoms with Crippen LogP contribution >= 0.6 is 0 Å². The zero-order chi connectivity index (χ0) is 24.7. The predicted octanol–water partition coefficient (Wildman–Crippen LogP) is 3.12. The molecule has 3 aromatic rings. The number of hydrogen-bond acceptors (Lipinski definition) is 7. The van der Waals surface area contributed by atoms with Gasteiger partial charge in [0.05, 0.1) is 17.9 Å². The van der Waals surface area contributed by atoms with Gasteiger partial charge in [-0.3, -0.25) is 19.6 Å². The van der Waals surface area contributed by atoms with Crippen molar-refractivity contribution in [1.29, 1.82) is 0 Å². The van der Waals surface area contributed by atoms with Crippen LogP contribution in [0, 0.1) is 0 Å². The van der Waals surface area contributed by atoms with E-state index in [4.69, 9.17) is 4.74 Å². The Labute approximate surface area is 211 Å². The summed E-state index contributed by atoms with van der Waals surface area (Å²) in [6.45, 7) is 5.23. The molecule has 0 aliphatic carbocycles. The van der Waals surface area contributed by atoms with E-state index in [2.05, 4.69) is 43.3 Å². The van der Waals surface area contributed by atoms with Crippen molar-refractivity contribution in [2.45, 2.75) is 51.5 Å². The maximum Gasteiger partial charge on any atom is 0.257 e. The zero-order valence-corrected chi connectivity index (χ0v) is 20.7. The smallest absolute Gasteiger partial charge is 0.257 e. The molecule has 1 aromatic heterocycles. The molecule has 1 atom stereocenters. The number of rotatable bonds is 10. The number of fused-ring (bicyclic) bond motifs is 1. The van der Waals surface area contributed by atoms with Gasteiger partial charge in [-0.15, -0.1) is 0 Å². The molecule has 0 saturated carbocycles. The molecular weight excluding hydrogens is 454 g/mol. The highest BCUT2D eigenvalue weighted by molar-refractivity contribution is 5.31. The minimum atomic E-state index is -0.336. The fourth-order valence-corrected chi connectivity index (χ4v) is 4.97. The Morgan fingerprint density at radius 1 is 1.08 bits per heavy atom. The summed E-state index contributed by atoms with van der Waals surface area (Å²) < 4.78 is 5.93. The molecule has 0 amide bonds. The Morgan fingerprint density at radius 2 is 1.94 bits per heavy atom. The van der Waals surface area contributed by atoms with Crippen LogP contribution in [0.4, 0.5) is 5.95 Å². The predicted molar refractivity (Wildman–Crippen MR) is 140 cm³/mol. The average Bonchev–Trinajstić information content (AvgIpc) is 3.29. The molecule has 2 aromatic carbocycles. The van der Waals surface area contributed by atoms with E-state index in [1.807, 2.05) is 36.4 Å². The Kier molecular flexibility index (Phi) is 7.95. The van der Waals surface area contributed by atoms with Gasteiger partial charge in [0.25, 0.3) is 5.56 Å². The number of ether oxygens (including phenoxy) is 1. The monoisotopic (exact) mass is 489 g/mol. The minimum Gasteiger partial charge on any atom is -0.494 e. The molecule has 2 aliphatic heterocycles. The van der Waals surface area contributed by atoms with Gasteiger partial charge in [-0.2, -0.15) is 0 Å². The number of aliphatic hydroxyl groups is 1.